The fourth-order valence-corrected chi connectivity index (χ4v) is 3.46. The zero-order valence-corrected chi connectivity index (χ0v) is 16.1. The Balaban J connectivity index is 1.68. The first-order valence-electron chi connectivity index (χ1n) is 8.56. The maximum absolute atomic E-state index is 12.4. The summed E-state index contributed by atoms with van der Waals surface area (Å²) in [6.07, 6.45) is 0.771. The highest BCUT2D eigenvalue weighted by Crippen LogP contribution is 2.31. The lowest BCUT2D eigenvalue weighted by atomic mass is 10.1. The zero-order valence-electron chi connectivity index (χ0n) is 15.2. The van der Waals surface area contributed by atoms with E-state index in [-0.39, 0.29) is 17.2 Å². The molecule has 0 atom stereocenters. The number of carbonyl (C=O) groups is 1. The molecule has 8 heteroatoms. The summed E-state index contributed by atoms with van der Waals surface area (Å²) >= 11 is 0. The molecule has 1 aliphatic rings. The van der Waals surface area contributed by atoms with Crippen LogP contribution in [0.25, 0.3) is 0 Å². The average Bonchev–Trinajstić information content (AvgIpc) is 2.62. The van der Waals surface area contributed by atoms with Crippen LogP contribution in [0.15, 0.2) is 35.2 Å². The van der Waals surface area contributed by atoms with Crippen molar-refractivity contribution in [3.63, 3.8) is 0 Å². The first-order chi connectivity index (χ1) is 12.7. The Morgan fingerprint density at radius 3 is 2.52 bits per heavy atom. The summed E-state index contributed by atoms with van der Waals surface area (Å²) in [5.41, 5.74) is 2.95. The standard InChI is InChI=1S/C19H22N2O5S/c1-12-9-15(27(20,23)24)11-16(13(12)2)21-19(22)6-4-14-3-5-17-18(10-14)26-8-7-25-17/h3,5,9-11H,4,6-8H2,1-2H3,(H,21,22)(H2,20,23,24). The molecular formula is C19H22N2O5S. The van der Waals surface area contributed by atoms with Gasteiger partial charge in [-0.1, -0.05) is 6.07 Å². The molecule has 1 aliphatic heterocycles. The molecule has 27 heavy (non-hydrogen) atoms. The first kappa shape index (κ1) is 19.2. The SMILES string of the molecule is Cc1cc(S(N)(=O)=O)cc(NC(=O)CCc2ccc3c(c2)OCCO3)c1C. The van der Waals surface area contributed by atoms with E-state index in [1.165, 1.54) is 12.1 Å². The third-order valence-electron chi connectivity index (χ3n) is 4.49. The molecule has 0 radical (unpaired) electrons. The van der Waals surface area contributed by atoms with E-state index in [9.17, 15) is 13.2 Å². The Morgan fingerprint density at radius 2 is 1.81 bits per heavy atom. The van der Waals surface area contributed by atoms with Gasteiger partial charge in [0.15, 0.2) is 11.5 Å². The van der Waals surface area contributed by atoms with Gasteiger partial charge in [-0.25, -0.2) is 13.6 Å². The molecule has 2 aromatic rings. The molecule has 3 N–H and O–H groups in total. The van der Waals surface area contributed by atoms with Gasteiger partial charge in [-0.3, -0.25) is 4.79 Å². The molecule has 0 aromatic heterocycles. The van der Waals surface area contributed by atoms with Crippen molar-refractivity contribution in [1.82, 2.24) is 0 Å². The molecule has 0 unspecified atom stereocenters. The van der Waals surface area contributed by atoms with Crippen LogP contribution in [0, 0.1) is 13.8 Å². The van der Waals surface area contributed by atoms with E-state index in [0.29, 0.717) is 36.8 Å². The van der Waals surface area contributed by atoms with Crippen molar-refractivity contribution < 1.29 is 22.7 Å². The lowest BCUT2D eigenvalue weighted by molar-refractivity contribution is -0.116. The summed E-state index contributed by atoms with van der Waals surface area (Å²) in [5, 5.41) is 7.98. The number of benzene rings is 2. The highest BCUT2D eigenvalue weighted by Gasteiger charge is 2.15. The van der Waals surface area contributed by atoms with Crippen molar-refractivity contribution >= 4 is 21.6 Å². The number of nitrogens with two attached hydrogens (primary N) is 1. The number of ether oxygens (including phenoxy) is 2. The molecule has 1 heterocycles. The number of rotatable bonds is 5. The maximum atomic E-state index is 12.4. The number of carbonyl (C=O) groups excluding carboxylic acids is 1. The quantitative estimate of drug-likeness (QED) is 0.814. The van der Waals surface area contributed by atoms with Crippen LogP contribution < -0.4 is 19.9 Å². The van der Waals surface area contributed by atoms with Gasteiger partial charge in [0.05, 0.1) is 4.90 Å². The van der Waals surface area contributed by atoms with Crippen LogP contribution in [0.4, 0.5) is 5.69 Å². The Bertz CT molecular complexity index is 986. The van der Waals surface area contributed by atoms with Crippen molar-refractivity contribution in [2.45, 2.75) is 31.6 Å². The summed E-state index contributed by atoms with van der Waals surface area (Å²) in [4.78, 5) is 12.3. The van der Waals surface area contributed by atoms with Crippen LogP contribution in [0.3, 0.4) is 0 Å². The number of hydrogen-bond acceptors (Lipinski definition) is 5. The highest BCUT2D eigenvalue weighted by molar-refractivity contribution is 7.89. The van der Waals surface area contributed by atoms with Gasteiger partial charge in [0.25, 0.3) is 0 Å². The molecule has 3 rings (SSSR count). The van der Waals surface area contributed by atoms with Gasteiger partial charge >= 0.3 is 0 Å². The zero-order chi connectivity index (χ0) is 19.6. The fourth-order valence-electron chi connectivity index (χ4n) is 2.83. The van der Waals surface area contributed by atoms with Crippen molar-refractivity contribution in [1.29, 1.82) is 0 Å². The van der Waals surface area contributed by atoms with Crippen LogP contribution in [0.5, 0.6) is 11.5 Å². The van der Waals surface area contributed by atoms with Crippen LogP contribution in [0.2, 0.25) is 0 Å². The van der Waals surface area contributed by atoms with E-state index >= 15 is 0 Å². The highest BCUT2D eigenvalue weighted by atomic mass is 32.2. The molecule has 144 valence electrons. The molecular weight excluding hydrogens is 368 g/mol. The summed E-state index contributed by atoms with van der Waals surface area (Å²) in [6, 6.07) is 8.50. The number of nitrogens with one attached hydrogen (secondary N) is 1. The number of sulfonamides is 1. The van der Waals surface area contributed by atoms with Crippen LogP contribution in [-0.2, 0) is 21.2 Å². The number of primary sulfonamides is 1. The molecule has 0 spiro atoms. The Hall–Kier alpha value is -2.58. The summed E-state index contributed by atoms with van der Waals surface area (Å²) in [6.45, 7) is 4.63. The van der Waals surface area contributed by atoms with Crippen LogP contribution in [-0.4, -0.2) is 27.5 Å². The normalized spacial score (nSPS) is 13.3. The van der Waals surface area contributed by atoms with Crippen LogP contribution >= 0.6 is 0 Å². The monoisotopic (exact) mass is 390 g/mol. The fraction of sp³-hybridized carbons (Fsp3) is 0.316. The van der Waals surface area contributed by atoms with Crippen molar-refractivity contribution in [2.24, 2.45) is 5.14 Å². The minimum absolute atomic E-state index is 0.0206. The van der Waals surface area contributed by atoms with Crippen molar-refractivity contribution in [3.8, 4) is 11.5 Å². The average molecular weight is 390 g/mol. The van der Waals surface area contributed by atoms with Gasteiger partial charge in [0.2, 0.25) is 15.9 Å². The third kappa shape index (κ3) is 4.58. The van der Waals surface area contributed by atoms with E-state index in [4.69, 9.17) is 14.6 Å². The molecule has 0 bridgehead atoms. The number of aryl methyl sites for hydroxylation is 2. The van der Waals surface area contributed by atoms with E-state index in [1.807, 2.05) is 25.1 Å². The van der Waals surface area contributed by atoms with Crippen LogP contribution in [0.1, 0.15) is 23.1 Å². The van der Waals surface area contributed by atoms with Gasteiger partial charge in [-0.05, 0) is 61.2 Å². The number of hydrogen-bond donors (Lipinski definition) is 2. The molecule has 1 amide bonds. The number of amides is 1. The second-order valence-electron chi connectivity index (χ2n) is 6.48. The largest absolute Gasteiger partial charge is 0.486 e. The van der Waals surface area contributed by atoms with Gasteiger partial charge in [-0.2, -0.15) is 0 Å². The Labute approximate surface area is 158 Å². The first-order valence-corrected chi connectivity index (χ1v) is 10.1. The minimum Gasteiger partial charge on any atom is -0.486 e. The predicted octanol–water partition coefficient (Wildman–Crippen LogP) is 2.29. The van der Waals surface area contributed by atoms with Gasteiger partial charge in [-0.15, -0.1) is 0 Å². The maximum Gasteiger partial charge on any atom is 0.238 e. The van der Waals surface area contributed by atoms with Gasteiger partial charge < -0.3 is 14.8 Å². The molecule has 0 aliphatic carbocycles. The third-order valence-corrected chi connectivity index (χ3v) is 5.38. The molecule has 0 saturated heterocycles. The molecule has 7 nitrogen and oxygen atoms in total. The number of fused-ring (bicyclic) bond motifs is 1. The van der Waals surface area contributed by atoms with Gasteiger partial charge in [0.1, 0.15) is 13.2 Å². The Kier molecular flexibility index (Phi) is 5.38. The molecule has 2 aromatic carbocycles. The smallest absolute Gasteiger partial charge is 0.238 e. The summed E-state index contributed by atoms with van der Waals surface area (Å²) in [5.74, 6) is 1.19. The molecule has 0 fully saturated rings. The van der Waals surface area contributed by atoms with E-state index < -0.39 is 10.0 Å². The molecule has 0 saturated carbocycles. The topological polar surface area (TPSA) is 108 Å². The predicted molar refractivity (Wildman–Crippen MR) is 102 cm³/mol. The number of anilines is 1. The summed E-state index contributed by atoms with van der Waals surface area (Å²) < 4.78 is 34.2. The van der Waals surface area contributed by atoms with Crippen molar-refractivity contribution in [3.05, 3.63) is 47.0 Å². The second kappa shape index (κ2) is 7.58. The summed E-state index contributed by atoms with van der Waals surface area (Å²) in [7, 11) is -3.84. The second-order valence-corrected chi connectivity index (χ2v) is 8.05. The van der Waals surface area contributed by atoms with E-state index in [0.717, 1.165) is 16.7 Å². The van der Waals surface area contributed by atoms with Gasteiger partial charge in [0, 0.05) is 12.1 Å². The minimum atomic E-state index is -3.84. The lowest BCUT2D eigenvalue weighted by Gasteiger charge is -2.18. The van der Waals surface area contributed by atoms with E-state index in [2.05, 4.69) is 5.32 Å². The van der Waals surface area contributed by atoms with Crippen molar-refractivity contribution in [2.75, 3.05) is 18.5 Å². The lowest BCUT2D eigenvalue weighted by Crippen LogP contribution is -2.17. The van der Waals surface area contributed by atoms with E-state index in [1.54, 1.807) is 6.92 Å². The Morgan fingerprint density at radius 1 is 1.11 bits per heavy atom.